The highest BCUT2D eigenvalue weighted by molar-refractivity contribution is 6.02. The van der Waals surface area contributed by atoms with Gasteiger partial charge in [-0.25, -0.2) is 4.79 Å². The lowest BCUT2D eigenvalue weighted by Crippen LogP contribution is -2.58. The Morgan fingerprint density at radius 2 is 2.23 bits per heavy atom. The van der Waals surface area contributed by atoms with Crippen LogP contribution in [-0.4, -0.2) is 40.3 Å². The minimum absolute atomic E-state index is 0.0186. The number of rotatable bonds is 2. The lowest BCUT2D eigenvalue weighted by Gasteiger charge is -2.30. The van der Waals surface area contributed by atoms with Crippen molar-refractivity contribution in [1.82, 2.24) is 20.5 Å². The average molecular weight is 302 g/mol. The normalized spacial score (nSPS) is 28.2. The SMILES string of the molecule is CC1CC(c2cccnc2)N(C(=O)[C@@H]2CC(=O)NC(=O)N2)C1. The Balaban J connectivity index is 1.81. The fourth-order valence-electron chi connectivity index (χ4n) is 3.14. The first kappa shape index (κ1) is 14.5. The maximum atomic E-state index is 12.7. The maximum Gasteiger partial charge on any atom is 0.322 e. The van der Waals surface area contributed by atoms with Crippen molar-refractivity contribution in [2.24, 2.45) is 5.92 Å². The molecule has 2 aliphatic rings. The quantitative estimate of drug-likeness (QED) is 0.836. The topological polar surface area (TPSA) is 91.4 Å². The van der Waals surface area contributed by atoms with Gasteiger partial charge in [-0.05, 0) is 24.0 Å². The predicted octanol–water partition coefficient (Wildman–Crippen LogP) is 0.589. The van der Waals surface area contributed by atoms with E-state index in [1.54, 1.807) is 17.3 Å². The third-order valence-electron chi connectivity index (χ3n) is 4.11. The van der Waals surface area contributed by atoms with Crippen molar-refractivity contribution in [2.45, 2.75) is 31.8 Å². The fraction of sp³-hybridized carbons (Fsp3) is 0.467. The summed E-state index contributed by atoms with van der Waals surface area (Å²) in [6, 6.07) is 2.34. The van der Waals surface area contributed by atoms with Crippen LogP contribution in [0.3, 0.4) is 0 Å². The van der Waals surface area contributed by atoms with Crippen LogP contribution in [0.5, 0.6) is 0 Å². The summed E-state index contributed by atoms with van der Waals surface area (Å²) >= 11 is 0. The van der Waals surface area contributed by atoms with Crippen LogP contribution in [0.15, 0.2) is 24.5 Å². The molecule has 2 saturated heterocycles. The molecule has 3 rings (SSSR count). The Kier molecular flexibility index (Phi) is 3.79. The summed E-state index contributed by atoms with van der Waals surface area (Å²) in [5.74, 6) is -0.268. The van der Waals surface area contributed by atoms with Crippen molar-refractivity contribution in [3.8, 4) is 0 Å². The van der Waals surface area contributed by atoms with Crippen molar-refractivity contribution in [3.63, 3.8) is 0 Å². The van der Waals surface area contributed by atoms with Crippen LogP contribution >= 0.6 is 0 Å². The van der Waals surface area contributed by atoms with Gasteiger partial charge in [0.2, 0.25) is 11.8 Å². The van der Waals surface area contributed by atoms with E-state index in [-0.39, 0.29) is 18.4 Å². The van der Waals surface area contributed by atoms with Crippen LogP contribution in [0.2, 0.25) is 0 Å². The third kappa shape index (κ3) is 2.79. The molecule has 2 N–H and O–H groups in total. The number of carbonyl (C=O) groups excluding carboxylic acids is 3. The fourth-order valence-corrected chi connectivity index (χ4v) is 3.14. The van der Waals surface area contributed by atoms with Crippen molar-refractivity contribution < 1.29 is 14.4 Å². The summed E-state index contributed by atoms with van der Waals surface area (Å²) in [7, 11) is 0. The zero-order valence-corrected chi connectivity index (χ0v) is 12.3. The minimum atomic E-state index is -0.786. The first-order chi connectivity index (χ1) is 10.5. The standard InChI is InChI=1S/C15H18N4O3/c1-9-5-12(10-3-2-4-16-7-10)19(8-9)14(21)11-6-13(20)18-15(22)17-11/h2-4,7,9,11-12H,5-6,8H2,1H3,(H2,17,18,20,22)/t9?,11-,12?/m0/s1. The molecular weight excluding hydrogens is 284 g/mol. The first-order valence-corrected chi connectivity index (χ1v) is 7.35. The molecular formula is C15H18N4O3. The first-order valence-electron chi connectivity index (χ1n) is 7.35. The van der Waals surface area contributed by atoms with Crippen molar-refractivity contribution in [3.05, 3.63) is 30.1 Å². The van der Waals surface area contributed by atoms with E-state index in [9.17, 15) is 14.4 Å². The highest BCUT2D eigenvalue weighted by Crippen LogP contribution is 2.35. The van der Waals surface area contributed by atoms with E-state index in [0.29, 0.717) is 12.5 Å². The van der Waals surface area contributed by atoms with Crippen LogP contribution in [0, 0.1) is 5.92 Å². The van der Waals surface area contributed by atoms with Gasteiger partial charge in [0.1, 0.15) is 6.04 Å². The van der Waals surface area contributed by atoms with Crippen molar-refractivity contribution in [2.75, 3.05) is 6.54 Å². The number of urea groups is 1. The zero-order chi connectivity index (χ0) is 15.7. The molecule has 0 aromatic carbocycles. The Morgan fingerprint density at radius 1 is 1.41 bits per heavy atom. The molecule has 2 aliphatic heterocycles. The monoisotopic (exact) mass is 302 g/mol. The van der Waals surface area contributed by atoms with Crippen molar-refractivity contribution in [1.29, 1.82) is 0 Å². The van der Waals surface area contributed by atoms with Crippen LogP contribution in [0.4, 0.5) is 4.79 Å². The lowest BCUT2D eigenvalue weighted by molar-refractivity contribution is -0.137. The lowest BCUT2D eigenvalue weighted by atomic mass is 10.0. The molecule has 116 valence electrons. The van der Waals surface area contributed by atoms with Gasteiger partial charge in [-0.1, -0.05) is 13.0 Å². The van der Waals surface area contributed by atoms with Gasteiger partial charge < -0.3 is 10.2 Å². The van der Waals surface area contributed by atoms with Gasteiger partial charge in [-0.2, -0.15) is 0 Å². The number of amides is 4. The minimum Gasteiger partial charge on any atom is -0.334 e. The molecule has 7 nitrogen and oxygen atoms in total. The highest BCUT2D eigenvalue weighted by atomic mass is 16.2. The molecule has 2 unspecified atom stereocenters. The van der Waals surface area contributed by atoms with Gasteiger partial charge in [0.05, 0.1) is 12.5 Å². The van der Waals surface area contributed by atoms with E-state index in [4.69, 9.17) is 0 Å². The second-order valence-corrected chi connectivity index (χ2v) is 5.91. The number of nitrogens with zero attached hydrogens (tertiary/aromatic N) is 2. The molecule has 0 bridgehead atoms. The summed E-state index contributed by atoms with van der Waals surface area (Å²) in [5.41, 5.74) is 0.979. The van der Waals surface area contributed by atoms with Gasteiger partial charge in [0.15, 0.2) is 0 Å². The molecule has 4 amide bonds. The largest absolute Gasteiger partial charge is 0.334 e. The number of hydrogen-bond donors (Lipinski definition) is 2. The summed E-state index contributed by atoms with van der Waals surface area (Å²) in [6.45, 7) is 2.70. The van der Waals surface area contributed by atoms with Gasteiger partial charge in [0.25, 0.3) is 0 Å². The molecule has 2 fully saturated rings. The van der Waals surface area contributed by atoms with E-state index in [1.807, 2.05) is 12.1 Å². The predicted molar refractivity (Wildman–Crippen MR) is 77.6 cm³/mol. The van der Waals surface area contributed by atoms with E-state index in [2.05, 4.69) is 22.5 Å². The van der Waals surface area contributed by atoms with Gasteiger partial charge in [-0.15, -0.1) is 0 Å². The van der Waals surface area contributed by atoms with Gasteiger partial charge in [0, 0.05) is 18.9 Å². The number of imide groups is 1. The van der Waals surface area contributed by atoms with Crippen molar-refractivity contribution >= 4 is 17.8 Å². The molecule has 0 aliphatic carbocycles. The molecule has 3 atom stereocenters. The van der Waals surface area contributed by atoms with E-state index < -0.39 is 18.0 Å². The van der Waals surface area contributed by atoms with E-state index >= 15 is 0 Å². The third-order valence-corrected chi connectivity index (χ3v) is 4.11. The molecule has 22 heavy (non-hydrogen) atoms. The van der Waals surface area contributed by atoms with Crippen LogP contribution in [-0.2, 0) is 9.59 Å². The van der Waals surface area contributed by atoms with Crippen LogP contribution in [0.25, 0.3) is 0 Å². The molecule has 1 aromatic heterocycles. The Labute approximate surface area is 128 Å². The smallest absolute Gasteiger partial charge is 0.322 e. The number of likely N-dealkylation sites (tertiary alicyclic amines) is 1. The summed E-state index contributed by atoms with van der Waals surface area (Å²) in [6.07, 6.45) is 4.29. The average Bonchev–Trinajstić information content (AvgIpc) is 2.88. The number of pyridine rings is 1. The molecule has 7 heteroatoms. The van der Waals surface area contributed by atoms with Crippen LogP contribution < -0.4 is 10.6 Å². The second-order valence-electron chi connectivity index (χ2n) is 5.91. The number of carbonyl (C=O) groups is 3. The molecule has 1 aromatic rings. The Hall–Kier alpha value is -2.44. The van der Waals surface area contributed by atoms with E-state index in [0.717, 1.165) is 12.0 Å². The summed E-state index contributed by atoms with van der Waals surface area (Å²) < 4.78 is 0. The molecule has 3 heterocycles. The zero-order valence-electron chi connectivity index (χ0n) is 12.3. The van der Waals surface area contributed by atoms with Gasteiger partial charge >= 0.3 is 6.03 Å². The summed E-state index contributed by atoms with van der Waals surface area (Å²) in [4.78, 5) is 41.5. The molecule has 0 saturated carbocycles. The highest BCUT2D eigenvalue weighted by Gasteiger charge is 2.39. The van der Waals surface area contributed by atoms with Gasteiger partial charge in [-0.3, -0.25) is 19.9 Å². The number of nitrogens with one attached hydrogen (secondary N) is 2. The molecule has 0 radical (unpaired) electrons. The second kappa shape index (κ2) is 5.75. The molecule has 0 spiro atoms. The Morgan fingerprint density at radius 3 is 2.91 bits per heavy atom. The maximum absolute atomic E-state index is 12.7. The van der Waals surface area contributed by atoms with E-state index in [1.165, 1.54) is 0 Å². The van der Waals surface area contributed by atoms with Crippen LogP contribution in [0.1, 0.15) is 31.4 Å². The summed E-state index contributed by atoms with van der Waals surface area (Å²) in [5, 5.41) is 4.67. The number of hydrogen-bond acceptors (Lipinski definition) is 4. The number of aromatic nitrogens is 1. The Bertz CT molecular complexity index is 588.